The Kier molecular flexibility index (Phi) is 6.17. The normalized spacial score (nSPS) is 17.5. The highest BCUT2D eigenvalue weighted by Crippen LogP contribution is 2.41. The van der Waals surface area contributed by atoms with Crippen molar-refractivity contribution in [3.05, 3.63) is 70.9 Å². The molecule has 1 aliphatic heterocycles. The monoisotopic (exact) mass is 466 g/mol. The summed E-state index contributed by atoms with van der Waals surface area (Å²) in [5.74, 6) is -0.820. The van der Waals surface area contributed by atoms with Crippen LogP contribution in [0.5, 0.6) is 0 Å². The number of fused-ring (bicyclic) bond motifs is 3. The first-order valence-corrected chi connectivity index (χ1v) is 11.3. The quantitative estimate of drug-likeness (QED) is 0.600. The number of nitrogens with zero attached hydrogens (tertiary/aromatic N) is 3. The lowest BCUT2D eigenvalue weighted by Crippen LogP contribution is -2.54. The highest BCUT2D eigenvalue weighted by atomic mass is 35.5. The van der Waals surface area contributed by atoms with Gasteiger partial charge in [0, 0.05) is 56.8 Å². The molecule has 3 aromatic rings. The average molecular weight is 467 g/mol. The number of alkyl halides is 1. The summed E-state index contributed by atoms with van der Waals surface area (Å²) >= 11 is 6.02. The number of hydrogen-bond acceptors (Lipinski definition) is 3. The van der Waals surface area contributed by atoms with Crippen LogP contribution in [0.25, 0.3) is 10.9 Å². The molecule has 33 heavy (non-hydrogen) atoms. The molecule has 3 amide bonds. The van der Waals surface area contributed by atoms with E-state index in [4.69, 9.17) is 11.6 Å². The van der Waals surface area contributed by atoms with Gasteiger partial charge in [0.1, 0.15) is 11.9 Å². The highest BCUT2D eigenvalue weighted by Gasteiger charge is 2.43. The number of para-hydroxylation sites is 1. The first-order chi connectivity index (χ1) is 15.7. The number of halogens is 1. The van der Waals surface area contributed by atoms with Gasteiger partial charge in [0.05, 0.1) is 6.04 Å². The maximum absolute atomic E-state index is 13.2. The van der Waals surface area contributed by atoms with Crippen LogP contribution in [0.4, 0.5) is 0 Å². The van der Waals surface area contributed by atoms with Gasteiger partial charge in [0.15, 0.2) is 0 Å². The van der Waals surface area contributed by atoms with E-state index in [9.17, 15) is 14.4 Å². The second-order valence-corrected chi connectivity index (χ2v) is 8.94. The van der Waals surface area contributed by atoms with Crippen LogP contribution in [0.3, 0.4) is 0 Å². The topological polar surface area (TPSA) is 76.7 Å². The van der Waals surface area contributed by atoms with E-state index >= 15 is 0 Å². The van der Waals surface area contributed by atoms with Gasteiger partial charge in [0.2, 0.25) is 11.8 Å². The summed E-state index contributed by atoms with van der Waals surface area (Å²) in [5.41, 5.74) is 4.18. The summed E-state index contributed by atoms with van der Waals surface area (Å²) in [5, 5.41) is 1.03. The third kappa shape index (κ3) is 3.97. The van der Waals surface area contributed by atoms with E-state index in [0.29, 0.717) is 12.0 Å². The number of amides is 3. The lowest BCUT2D eigenvalue weighted by molar-refractivity contribution is -0.145. The van der Waals surface area contributed by atoms with Crippen molar-refractivity contribution >= 4 is 40.2 Å². The second kappa shape index (κ2) is 8.90. The Labute approximate surface area is 197 Å². The minimum absolute atomic E-state index is 0.106. The van der Waals surface area contributed by atoms with Crippen LogP contribution < -0.4 is 0 Å². The molecule has 0 saturated carbocycles. The first-order valence-electron chi connectivity index (χ1n) is 10.7. The fourth-order valence-electron chi connectivity index (χ4n) is 4.57. The Hall–Kier alpha value is -3.32. The summed E-state index contributed by atoms with van der Waals surface area (Å²) in [6.07, 6.45) is 0.396. The maximum atomic E-state index is 13.2. The molecule has 2 atom stereocenters. The van der Waals surface area contributed by atoms with Gasteiger partial charge in [0.25, 0.3) is 5.91 Å². The smallest absolute Gasteiger partial charge is 0.253 e. The Morgan fingerprint density at radius 3 is 2.27 bits per heavy atom. The van der Waals surface area contributed by atoms with E-state index in [-0.39, 0.29) is 23.6 Å². The zero-order chi connectivity index (χ0) is 23.9. The Bertz CT molecular complexity index is 1220. The number of hydrogen-bond donors (Lipinski definition) is 1. The molecule has 0 radical (unpaired) electrons. The number of H-pyrrole nitrogens is 1. The summed E-state index contributed by atoms with van der Waals surface area (Å²) in [6, 6.07) is 13.9. The van der Waals surface area contributed by atoms with Gasteiger partial charge in [-0.25, -0.2) is 0 Å². The lowest BCUT2D eigenvalue weighted by atomic mass is 9.87. The molecule has 4 rings (SSSR count). The SMILES string of the molecule is CN(C)C(=O)c1ccc([C@H]2c3[nH]c4ccccc4c3C[C@H](C(=O)N(C)C)N2C(=O)CCl)cc1. The zero-order valence-corrected chi connectivity index (χ0v) is 19.9. The van der Waals surface area contributed by atoms with E-state index in [2.05, 4.69) is 4.98 Å². The number of nitrogens with one attached hydrogen (secondary N) is 1. The molecule has 0 fully saturated rings. The van der Waals surface area contributed by atoms with Crippen LogP contribution in [0, 0.1) is 0 Å². The lowest BCUT2D eigenvalue weighted by Gasteiger charge is -2.42. The maximum Gasteiger partial charge on any atom is 0.253 e. The second-order valence-electron chi connectivity index (χ2n) is 8.67. The number of aromatic amines is 1. The van der Waals surface area contributed by atoms with Crippen LogP contribution in [-0.2, 0) is 16.0 Å². The highest BCUT2D eigenvalue weighted by molar-refractivity contribution is 6.27. The molecule has 0 spiro atoms. The number of benzene rings is 2. The van der Waals surface area contributed by atoms with Crippen LogP contribution in [0.2, 0.25) is 0 Å². The molecule has 2 aromatic carbocycles. The number of likely N-dealkylation sites (N-methyl/N-ethyl adjacent to an activating group) is 1. The summed E-state index contributed by atoms with van der Waals surface area (Å²) < 4.78 is 0. The first kappa shape index (κ1) is 22.9. The molecule has 0 aliphatic carbocycles. The Morgan fingerprint density at radius 1 is 1.00 bits per heavy atom. The third-order valence-electron chi connectivity index (χ3n) is 6.14. The number of carbonyl (C=O) groups is 3. The molecule has 0 unspecified atom stereocenters. The van der Waals surface area contributed by atoms with Crippen molar-refractivity contribution in [3.8, 4) is 0 Å². The molecular formula is C25H27ClN4O3. The van der Waals surface area contributed by atoms with E-state index in [1.807, 2.05) is 36.4 Å². The molecule has 172 valence electrons. The molecule has 0 bridgehead atoms. The average Bonchev–Trinajstić information content (AvgIpc) is 3.19. The van der Waals surface area contributed by atoms with Crippen molar-refractivity contribution in [1.82, 2.24) is 19.7 Å². The summed E-state index contributed by atoms with van der Waals surface area (Å²) in [7, 11) is 6.78. The standard InChI is InChI=1S/C25H27ClN4O3/c1-28(2)24(32)16-11-9-15(10-12-16)23-22-18(17-7-5-6-8-19(17)27-22)13-20(25(33)29(3)4)30(23)21(31)14-26/h5-12,20,23,27H,13-14H2,1-4H3/t20-,23+/m1/s1. The van der Waals surface area contributed by atoms with Gasteiger partial charge in [-0.3, -0.25) is 14.4 Å². The van der Waals surface area contributed by atoms with Crippen molar-refractivity contribution in [3.63, 3.8) is 0 Å². The summed E-state index contributed by atoms with van der Waals surface area (Å²) in [4.78, 5) is 46.8. The fourth-order valence-corrected chi connectivity index (χ4v) is 4.71. The van der Waals surface area contributed by atoms with Crippen LogP contribution in [0.15, 0.2) is 48.5 Å². The number of rotatable bonds is 4. The third-order valence-corrected chi connectivity index (χ3v) is 6.37. The largest absolute Gasteiger partial charge is 0.356 e. The van der Waals surface area contributed by atoms with Crippen molar-refractivity contribution in [2.45, 2.75) is 18.5 Å². The van der Waals surface area contributed by atoms with Gasteiger partial charge in [-0.2, -0.15) is 0 Å². The van der Waals surface area contributed by atoms with Gasteiger partial charge >= 0.3 is 0 Å². The molecular weight excluding hydrogens is 440 g/mol. The van der Waals surface area contributed by atoms with Crippen molar-refractivity contribution in [2.75, 3.05) is 34.1 Å². The van der Waals surface area contributed by atoms with Gasteiger partial charge in [-0.05, 0) is 29.3 Å². The van der Waals surface area contributed by atoms with Gasteiger partial charge < -0.3 is 19.7 Å². The van der Waals surface area contributed by atoms with E-state index in [0.717, 1.165) is 27.7 Å². The predicted molar refractivity (Wildman–Crippen MR) is 128 cm³/mol. The minimum atomic E-state index is -0.689. The van der Waals surface area contributed by atoms with E-state index in [1.54, 1.807) is 45.2 Å². The van der Waals surface area contributed by atoms with Crippen LogP contribution in [0.1, 0.15) is 33.2 Å². The molecule has 1 aliphatic rings. The van der Waals surface area contributed by atoms with Crippen molar-refractivity contribution in [1.29, 1.82) is 0 Å². The summed E-state index contributed by atoms with van der Waals surface area (Å²) in [6.45, 7) is 0. The van der Waals surface area contributed by atoms with E-state index < -0.39 is 12.1 Å². The molecule has 1 aromatic heterocycles. The number of aromatic nitrogens is 1. The predicted octanol–water partition coefficient (Wildman–Crippen LogP) is 3.04. The molecule has 2 heterocycles. The zero-order valence-electron chi connectivity index (χ0n) is 19.1. The van der Waals surface area contributed by atoms with Crippen LogP contribution >= 0.6 is 11.6 Å². The fraction of sp³-hybridized carbons (Fsp3) is 0.320. The van der Waals surface area contributed by atoms with Gasteiger partial charge in [-0.1, -0.05) is 30.3 Å². The van der Waals surface area contributed by atoms with Crippen molar-refractivity contribution < 1.29 is 14.4 Å². The Balaban J connectivity index is 1.92. The minimum Gasteiger partial charge on any atom is -0.356 e. The molecule has 1 N–H and O–H groups in total. The van der Waals surface area contributed by atoms with Crippen molar-refractivity contribution in [2.24, 2.45) is 0 Å². The Morgan fingerprint density at radius 2 is 1.67 bits per heavy atom. The van der Waals surface area contributed by atoms with E-state index in [1.165, 1.54) is 9.80 Å². The molecule has 0 saturated heterocycles. The molecule has 8 heteroatoms. The van der Waals surface area contributed by atoms with Crippen LogP contribution in [-0.4, -0.2) is 77.5 Å². The molecule has 7 nitrogen and oxygen atoms in total. The number of carbonyl (C=O) groups excluding carboxylic acids is 3. The van der Waals surface area contributed by atoms with Gasteiger partial charge in [-0.15, -0.1) is 11.6 Å².